The first-order valence-electron chi connectivity index (χ1n) is 8.32. The lowest BCUT2D eigenvalue weighted by atomic mass is 9.91. The maximum atomic E-state index is 9.27. The average molecular weight is 308 g/mol. The zero-order chi connectivity index (χ0) is 14.8. The minimum atomic E-state index is 0.296. The average Bonchev–Trinajstić information content (AvgIpc) is 2.90. The first kappa shape index (κ1) is 15.5. The van der Waals surface area contributed by atoms with Gasteiger partial charge in [0.15, 0.2) is 0 Å². The standard InChI is InChI=1S/C17H28N2OS/c1-13(12-20)10-14-11-15-16(4-3-5-17(15)21-14)19-8-6-18(2)7-9-19/h11,13,16,20H,3-10,12H2,1-2H3. The Hall–Kier alpha value is -0.420. The lowest BCUT2D eigenvalue weighted by molar-refractivity contribution is 0.103. The van der Waals surface area contributed by atoms with Gasteiger partial charge in [-0.3, -0.25) is 4.90 Å². The van der Waals surface area contributed by atoms with Gasteiger partial charge in [0.1, 0.15) is 0 Å². The smallest absolute Gasteiger partial charge is 0.0460 e. The third-order valence-electron chi connectivity index (χ3n) is 4.97. The molecule has 1 aliphatic carbocycles. The van der Waals surface area contributed by atoms with Crippen molar-refractivity contribution in [3.63, 3.8) is 0 Å². The Labute approximate surface area is 132 Å². The number of fused-ring (bicyclic) bond motifs is 1. The maximum Gasteiger partial charge on any atom is 0.0460 e. The van der Waals surface area contributed by atoms with Crippen LogP contribution in [0.4, 0.5) is 0 Å². The molecule has 1 aliphatic heterocycles. The zero-order valence-electron chi connectivity index (χ0n) is 13.3. The lowest BCUT2D eigenvalue weighted by Gasteiger charge is -2.39. The quantitative estimate of drug-likeness (QED) is 0.926. The van der Waals surface area contributed by atoms with Crippen molar-refractivity contribution in [2.24, 2.45) is 5.92 Å². The van der Waals surface area contributed by atoms with Crippen molar-refractivity contribution in [3.8, 4) is 0 Å². The molecule has 2 atom stereocenters. The SMILES string of the molecule is CC(CO)Cc1cc2c(s1)CCCC2N1CCN(C)CC1. The van der Waals surface area contributed by atoms with Crippen molar-refractivity contribution in [2.45, 2.75) is 38.6 Å². The van der Waals surface area contributed by atoms with Gasteiger partial charge in [0.2, 0.25) is 0 Å². The molecule has 2 unspecified atom stereocenters. The molecule has 0 saturated carbocycles. The fraction of sp³-hybridized carbons (Fsp3) is 0.765. The summed E-state index contributed by atoms with van der Waals surface area (Å²) < 4.78 is 0. The molecule has 0 spiro atoms. The highest BCUT2D eigenvalue weighted by atomic mass is 32.1. The van der Waals surface area contributed by atoms with Crippen molar-refractivity contribution in [2.75, 3.05) is 39.8 Å². The molecular formula is C17H28N2OS. The molecule has 1 aromatic heterocycles. The van der Waals surface area contributed by atoms with E-state index in [9.17, 15) is 5.11 Å². The second-order valence-electron chi connectivity index (χ2n) is 6.83. The van der Waals surface area contributed by atoms with Crippen LogP contribution >= 0.6 is 11.3 Å². The third kappa shape index (κ3) is 3.50. The molecule has 1 fully saturated rings. The molecule has 0 aromatic carbocycles. The molecule has 118 valence electrons. The number of aliphatic hydroxyl groups is 1. The highest BCUT2D eigenvalue weighted by Crippen LogP contribution is 2.39. The van der Waals surface area contributed by atoms with Crippen molar-refractivity contribution in [3.05, 3.63) is 21.4 Å². The molecular weight excluding hydrogens is 280 g/mol. The van der Waals surface area contributed by atoms with Gasteiger partial charge in [-0.25, -0.2) is 0 Å². The number of likely N-dealkylation sites (N-methyl/N-ethyl adjacent to an activating group) is 1. The molecule has 0 bridgehead atoms. The minimum Gasteiger partial charge on any atom is -0.396 e. The summed E-state index contributed by atoms with van der Waals surface area (Å²) in [5.41, 5.74) is 1.61. The molecule has 1 aromatic rings. The summed E-state index contributed by atoms with van der Waals surface area (Å²) in [7, 11) is 2.22. The number of nitrogens with zero attached hydrogens (tertiary/aromatic N) is 2. The summed E-state index contributed by atoms with van der Waals surface area (Å²) in [6, 6.07) is 3.10. The summed E-state index contributed by atoms with van der Waals surface area (Å²) in [6.45, 7) is 7.24. The van der Waals surface area contributed by atoms with Crippen molar-refractivity contribution in [1.82, 2.24) is 9.80 Å². The second-order valence-corrected chi connectivity index (χ2v) is 8.05. The van der Waals surface area contributed by atoms with Crippen LogP contribution in [0.5, 0.6) is 0 Å². The summed E-state index contributed by atoms with van der Waals surface area (Å²) >= 11 is 2.00. The van der Waals surface area contributed by atoms with Gasteiger partial charge in [-0.15, -0.1) is 11.3 Å². The normalized spacial score (nSPS) is 25.8. The van der Waals surface area contributed by atoms with E-state index in [1.807, 2.05) is 11.3 Å². The number of rotatable bonds is 4. The Bertz CT molecular complexity index is 465. The molecule has 2 aliphatic rings. The van der Waals surface area contributed by atoms with E-state index in [1.165, 1.54) is 50.3 Å². The first-order valence-corrected chi connectivity index (χ1v) is 9.14. The van der Waals surface area contributed by atoms with Gasteiger partial charge in [-0.1, -0.05) is 6.92 Å². The molecule has 3 rings (SSSR count). The van der Waals surface area contributed by atoms with E-state index in [-0.39, 0.29) is 0 Å². The molecule has 1 saturated heterocycles. The number of hydrogen-bond acceptors (Lipinski definition) is 4. The fourth-order valence-corrected chi connectivity index (χ4v) is 5.04. The first-order chi connectivity index (χ1) is 10.2. The van der Waals surface area contributed by atoms with Crippen molar-refractivity contribution >= 4 is 11.3 Å². The Balaban J connectivity index is 1.74. The largest absolute Gasteiger partial charge is 0.396 e. The Kier molecular flexibility index (Phi) is 4.99. The van der Waals surface area contributed by atoms with E-state index in [2.05, 4.69) is 29.8 Å². The van der Waals surface area contributed by atoms with Gasteiger partial charge in [0, 0.05) is 48.6 Å². The molecule has 2 heterocycles. The van der Waals surface area contributed by atoms with Gasteiger partial charge >= 0.3 is 0 Å². The lowest BCUT2D eigenvalue weighted by Crippen LogP contribution is -2.46. The van der Waals surface area contributed by atoms with Crippen molar-refractivity contribution < 1.29 is 5.11 Å². The molecule has 3 nitrogen and oxygen atoms in total. The Morgan fingerprint density at radius 1 is 1.33 bits per heavy atom. The molecule has 0 amide bonds. The molecule has 4 heteroatoms. The van der Waals surface area contributed by atoms with Crippen molar-refractivity contribution in [1.29, 1.82) is 0 Å². The predicted octanol–water partition coefficient (Wildman–Crippen LogP) is 2.54. The van der Waals surface area contributed by atoms with Gasteiger partial charge < -0.3 is 10.0 Å². The molecule has 21 heavy (non-hydrogen) atoms. The number of aliphatic hydroxyl groups excluding tert-OH is 1. The predicted molar refractivity (Wildman–Crippen MR) is 89.0 cm³/mol. The summed E-state index contributed by atoms with van der Waals surface area (Å²) in [5.74, 6) is 0.382. The van der Waals surface area contributed by atoms with Crippen LogP contribution in [0.2, 0.25) is 0 Å². The molecule has 1 N–H and O–H groups in total. The van der Waals surface area contributed by atoms with E-state index in [4.69, 9.17) is 0 Å². The van der Waals surface area contributed by atoms with Crippen LogP contribution in [0.25, 0.3) is 0 Å². The van der Waals surface area contributed by atoms with E-state index in [0.29, 0.717) is 18.6 Å². The fourth-order valence-electron chi connectivity index (χ4n) is 3.61. The Morgan fingerprint density at radius 2 is 2.10 bits per heavy atom. The van der Waals surface area contributed by atoms with E-state index >= 15 is 0 Å². The number of thiophene rings is 1. The minimum absolute atomic E-state index is 0.296. The number of piperazine rings is 1. The van der Waals surface area contributed by atoms with Crippen LogP contribution in [-0.4, -0.2) is 54.7 Å². The van der Waals surface area contributed by atoms with Crippen LogP contribution in [-0.2, 0) is 12.8 Å². The number of aryl methyl sites for hydroxylation is 1. The monoisotopic (exact) mass is 308 g/mol. The van der Waals surface area contributed by atoms with E-state index < -0.39 is 0 Å². The van der Waals surface area contributed by atoms with Gasteiger partial charge in [0.25, 0.3) is 0 Å². The van der Waals surface area contributed by atoms with Gasteiger partial charge in [-0.2, -0.15) is 0 Å². The van der Waals surface area contributed by atoms with E-state index in [0.717, 1.165) is 6.42 Å². The van der Waals surface area contributed by atoms with Crippen LogP contribution in [0.3, 0.4) is 0 Å². The van der Waals surface area contributed by atoms with Crippen LogP contribution in [0, 0.1) is 5.92 Å². The molecule has 0 radical (unpaired) electrons. The topological polar surface area (TPSA) is 26.7 Å². The van der Waals surface area contributed by atoms with Crippen LogP contribution < -0.4 is 0 Å². The zero-order valence-corrected chi connectivity index (χ0v) is 14.2. The third-order valence-corrected chi connectivity index (χ3v) is 6.21. The summed E-state index contributed by atoms with van der Waals surface area (Å²) in [6.07, 6.45) is 4.95. The summed E-state index contributed by atoms with van der Waals surface area (Å²) in [5, 5.41) is 9.27. The van der Waals surface area contributed by atoms with Gasteiger partial charge in [-0.05, 0) is 50.3 Å². The van der Waals surface area contributed by atoms with E-state index in [1.54, 1.807) is 10.4 Å². The Morgan fingerprint density at radius 3 is 2.81 bits per heavy atom. The van der Waals surface area contributed by atoms with Crippen LogP contribution in [0.15, 0.2) is 6.07 Å². The maximum absolute atomic E-state index is 9.27. The highest BCUT2D eigenvalue weighted by molar-refractivity contribution is 7.12. The van der Waals surface area contributed by atoms with Crippen LogP contribution in [0.1, 0.15) is 41.1 Å². The highest BCUT2D eigenvalue weighted by Gasteiger charge is 2.29. The summed E-state index contributed by atoms with van der Waals surface area (Å²) in [4.78, 5) is 8.22. The van der Waals surface area contributed by atoms with Gasteiger partial charge in [0.05, 0.1) is 0 Å². The number of hydrogen-bond donors (Lipinski definition) is 1. The second kappa shape index (κ2) is 6.78.